The molecular formula is C41H46N4O13. The molecule has 17 nitrogen and oxygen atoms in total. The molecule has 4 aromatic rings. The van der Waals surface area contributed by atoms with Crippen LogP contribution in [0.1, 0.15) is 46.5 Å². The molecule has 3 aliphatic heterocycles. The number of hydrogen-bond donors (Lipinski definition) is 6. The van der Waals surface area contributed by atoms with E-state index in [1.807, 2.05) is 0 Å². The molecule has 7 N–H and O–H groups in total. The summed E-state index contributed by atoms with van der Waals surface area (Å²) in [6, 6.07) is 11.4. The number of fused-ring (bicyclic) bond motifs is 8. The fourth-order valence-corrected chi connectivity index (χ4v) is 6.78. The number of carbonyl (C=O) groups excluding carboxylic acids is 3. The van der Waals surface area contributed by atoms with Crippen molar-refractivity contribution >= 4 is 17.7 Å². The molecule has 3 amide bonds. The standard InChI is InChI=1S/C41H46N4O13/c1-51-12-13-56-20-57-19-28-26-17-25(52-2)18-31(54-4)33(26)27-14-22(8-11-30(27)53-3)35-40(49)45-36(41(50)43-28)37(47)21-6-9-24(10-7-21)58-32-16-23(34(42)39(48)44-35)15-29(46)38(32)55-5/h6-11,14-18,28,34-37,46-47H,12-13,19-20,42H2,1-5H3,(H,43,50)(H,44,48)(H,45,49)/t28-,34-,35-,36+,37-/m1/s1. The molecule has 4 aromatic carbocycles. The van der Waals surface area contributed by atoms with Crippen LogP contribution in [0.3, 0.4) is 0 Å². The highest BCUT2D eigenvalue weighted by Gasteiger charge is 2.37. The largest absolute Gasteiger partial charge is 0.504 e. The molecule has 0 radical (unpaired) electrons. The van der Waals surface area contributed by atoms with Gasteiger partial charge in [-0.3, -0.25) is 14.4 Å². The number of phenols is 1. The minimum atomic E-state index is -1.64. The highest BCUT2D eigenvalue weighted by Crippen LogP contribution is 2.46. The summed E-state index contributed by atoms with van der Waals surface area (Å²) in [5, 5.41) is 31.1. The van der Waals surface area contributed by atoms with Crippen molar-refractivity contribution in [1.29, 1.82) is 0 Å². The highest BCUT2D eigenvalue weighted by molar-refractivity contribution is 5.95. The van der Waals surface area contributed by atoms with Crippen LogP contribution in [0, 0.1) is 0 Å². The van der Waals surface area contributed by atoms with Crippen LogP contribution in [0.4, 0.5) is 0 Å². The van der Waals surface area contributed by atoms with Crippen LogP contribution in [0.2, 0.25) is 0 Å². The number of nitrogens with two attached hydrogens (primary N) is 1. The normalized spacial score (nSPS) is 20.3. The van der Waals surface area contributed by atoms with Crippen LogP contribution in [0.15, 0.2) is 66.7 Å². The Morgan fingerprint density at radius 2 is 1.47 bits per heavy atom. The first-order valence-corrected chi connectivity index (χ1v) is 18.1. The monoisotopic (exact) mass is 802 g/mol. The molecule has 58 heavy (non-hydrogen) atoms. The molecule has 8 bridgehead atoms. The molecule has 0 fully saturated rings. The molecule has 0 aliphatic carbocycles. The zero-order chi connectivity index (χ0) is 41.5. The Morgan fingerprint density at radius 1 is 0.724 bits per heavy atom. The third-order valence-corrected chi connectivity index (χ3v) is 9.76. The lowest BCUT2D eigenvalue weighted by Crippen LogP contribution is -2.54. The molecule has 3 heterocycles. The van der Waals surface area contributed by atoms with Crippen LogP contribution >= 0.6 is 0 Å². The Hall–Kier alpha value is -6.11. The third-order valence-electron chi connectivity index (χ3n) is 9.76. The van der Waals surface area contributed by atoms with Gasteiger partial charge >= 0.3 is 0 Å². The Bertz CT molecular complexity index is 2130. The molecule has 7 rings (SSSR count). The van der Waals surface area contributed by atoms with Gasteiger partial charge in [0.15, 0.2) is 11.5 Å². The second kappa shape index (κ2) is 18.4. The maximum absolute atomic E-state index is 14.6. The predicted octanol–water partition coefficient (Wildman–Crippen LogP) is 3.08. The number of amides is 3. The van der Waals surface area contributed by atoms with E-state index >= 15 is 0 Å². The van der Waals surface area contributed by atoms with Gasteiger partial charge in [-0.15, -0.1) is 0 Å². The first-order chi connectivity index (χ1) is 28.0. The number of aromatic hydroxyl groups is 1. The van der Waals surface area contributed by atoms with Gasteiger partial charge in [-0.05, 0) is 64.7 Å². The van der Waals surface area contributed by atoms with Crippen molar-refractivity contribution in [2.45, 2.75) is 30.3 Å². The Kier molecular flexibility index (Phi) is 13.2. The van der Waals surface area contributed by atoms with Crippen LogP contribution in [-0.2, 0) is 28.6 Å². The number of hydrogen-bond acceptors (Lipinski definition) is 14. The van der Waals surface area contributed by atoms with Crippen molar-refractivity contribution < 1.29 is 62.5 Å². The van der Waals surface area contributed by atoms with E-state index < -0.39 is 48.0 Å². The molecule has 0 unspecified atom stereocenters. The maximum atomic E-state index is 14.6. The van der Waals surface area contributed by atoms with E-state index in [1.54, 1.807) is 37.4 Å². The van der Waals surface area contributed by atoms with Gasteiger partial charge in [-0.1, -0.05) is 18.2 Å². The number of carbonyl (C=O) groups is 3. The summed E-state index contributed by atoms with van der Waals surface area (Å²) in [5.41, 5.74) is 8.42. The number of nitrogens with one attached hydrogen (secondary N) is 3. The number of aliphatic hydroxyl groups excluding tert-OH is 1. The molecule has 5 atom stereocenters. The molecule has 3 aliphatic rings. The van der Waals surface area contributed by atoms with E-state index in [0.29, 0.717) is 40.5 Å². The van der Waals surface area contributed by atoms with E-state index in [0.717, 1.165) is 0 Å². The zero-order valence-corrected chi connectivity index (χ0v) is 32.5. The average molecular weight is 803 g/mol. The summed E-state index contributed by atoms with van der Waals surface area (Å²) in [6.45, 7) is 0.287. The van der Waals surface area contributed by atoms with Crippen LogP contribution in [-0.4, -0.2) is 96.1 Å². The minimum Gasteiger partial charge on any atom is -0.504 e. The number of aliphatic hydroxyl groups is 1. The molecule has 0 saturated carbocycles. The number of phenolic OH excluding ortho intramolecular Hbond substituents is 1. The van der Waals surface area contributed by atoms with Gasteiger partial charge in [-0.2, -0.15) is 0 Å². The number of ether oxygens (including phenoxy) is 8. The molecular weight excluding hydrogens is 756 g/mol. The predicted molar refractivity (Wildman–Crippen MR) is 207 cm³/mol. The summed E-state index contributed by atoms with van der Waals surface area (Å²) < 4.78 is 45.3. The van der Waals surface area contributed by atoms with E-state index in [4.69, 9.17) is 43.6 Å². The molecule has 0 aromatic heterocycles. The summed E-state index contributed by atoms with van der Waals surface area (Å²) in [4.78, 5) is 43.2. The Labute approximate surface area is 334 Å². The summed E-state index contributed by atoms with van der Waals surface area (Å²) >= 11 is 0. The number of rotatable bonds is 11. The quantitative estimate of drug-likeness (QED) is 0.0947. The molecule has 0 spiro atoms. The van der Waals surface area contributed by atoms with Gasteiger partial charge in [0.25, 0.3) is 0 Å². The number of benzene rings is 4. The van der Waals surface area contributed by atoms with E-state index in [9.17, 15) is 24.6 Å². The summed E-state index contributed by atoms with van der Waals surface area (Å²) in [5.74, 6) is -1.53. The maximum Gasteiger partial charge on any atom is 0.247 e. The lowest BCUT2D eigenvalue weighted by Gasteiger charge is -2.31. The van der Waals surface area contributed by atoms with Gasteiger partial charge in [0.1, 0.15) is 54.0 Å². The summed E-state index contributed by atoms with van der Waals surface area (Å²) in [6.07, 6.45) is -1.64. The van der Waals surface area contributed by atoms with Crippen LogP contribution in [0.5, 0.6) is 40.2 Å². The average Bonchev–Trinajstić information content (AvgIpc) is 3.23. The fourth-order valence-electron chi connectivity index (χ4n) is 6.78. The van der Waals surface area contributed by atoms with E-state index in [2.05, 4.69) is 16.0 Å². The van der Waals surface area contributed by atoms with Crippen molar-refractivity contribution in [3.63, 3.8) is 0 Å². The van der Waals surface area contributed by atoms with Gasteiger partial charge in [0.2, 0.25) is 23.5 Å². The van der Waals surface area contributed by atoms with Gasteiger partial charge in [0, 0.05) is 24.3 Å². The molecule has 17 heteroatoms. The van der Waals surface area contributed by atoms with E-state index in [1.165, 1.54) is 64.8 Å². The fraction of sp³-hybridized carbons (Fsp3) is 0.341. The van der Waals surface area contributed by atoms with Crippen molar-refractivity contribution in [1.82, 2.24) is 16.0 Å². The smallest absolute Gasteiger partial charge is 0.247 e. The van der Waals surface area contributed by atoms with E-state index in [-0.39, 0.29) is 59.7 Å². The van der Waals surface area contributed by atoms with Gasteiger partial charge in [0.05, 0.1) is 54.3 Å². The zero-order valence-electron chi connectivity index (χ0n) is 32.5. The number of methoxy groups -OCH3 is 5. The van der Waals surface area contributed by atoms with Crippen molar-refractivity contribution in [3.05, 3.63) is 89.0 Å². The molecule has 308 valence electrons. The lowest BCUT2D eigenvalue weighted by atomic mass is 9.89. The van der Waals surface area contributed by atoms with Crippen LogP contribution < -0.4 is 45.4 Å². The second-order valence-electron chi connectivity index (χ2n) is 13.3. The topological polar surface area (TPSA) is 228 Å². The lowest BCUT2D eigenvalue weighted by molar-refractivity contribution is -0.135. The van der Waals surface area contributed by atoms with Crippen LogP contribution in [0.25, 0.3) is 11.1 Å². The first kappa shape index (κ1) is 41.5. The first-order valence-electron chi connectivity index (χ1n) is 18.1. The second-order valence-corrected chi connectivity index (χ2v) is 13.3. The molecule has 0 saturated heterocycles. The van der Waals surface area contributed by atoms with Crippen molar-refractivity contribution in [2.24, 2.45) is 5.73 Å². The summed E-state index contributed by atoms with van der Waals surface area (Å²) in [7, 11) is 7.30. The Morgan fingerprint density at radius 3 is 2.16 bits per heavy atom. The van der Waals surface area contributed by atoms with Crippen molar-refractivity contribution in [2.75, 3.05) is 62.2 Å². The third kappa shape index (κ3) is 8.73. The van der Waals surface area contributed by atoms with Gasteiger partial charge in [-0.25, -0.2) is 0 Å². The minimum absolute atomic E-state index is 0.0239. The Balaban J connectivity index is 1.58. The SMILES string of the molecule is COCCOCOC[C@H]1NC(=O)[C@H]2NC(=O)[C@H](NC(=O)[C@H](N)c3cc(O)c(OC)c(c3)Oc3ccc(cc3)[C@H]2O)c2ccc(OC)c(c2)-c2c(OC)cc(OC)cc21. The highest BCUT2D eigenvalue weighted by atomic mass is 16.7. The van der Waals surface area contributed by atoms with Crippen molar-refractivity contribution in [3.8, 4) is 51.4 Å². The van der Waals surface area contributed by atoms with Gasteiger partial charge < -0.3 is 69.8 Å².